The van der Waals surface area contributed by atoms with Gasteiger partial charge in [-0.25, -0.2) is 0 Å². The Bertz CT molecular complexity index is 263. The summed E-state index contributed by atoms with van der Waals surface area (Å²) < 4.78 is 5.46. The Kier molecular flexibility index (Phi) is 3.15. The van der Waals surface area contributed by atoms with E-state index in [0.717, 1.165) is 24.5 Å². The summed E-state index contributed by atoms with van der Waals surface area (Å²) in [5.41, 5.74) is 0.195. The Morgan fingerprint density at radius 3 is 2.54 bits per heavy atom. The van der Waals surface area contributed by atoms with E-state index in [9.17, 15) is 0 Å². The van der Waals surface area contributed by atoms with E-state index < -0.39 is 0 Å². The molecule has 0 amide bonds. The van der Waals surface area contributed by atoms with Crippen LogP contribution in [-0.4, -0.2) is 5.54 Å². The molecule has 0 radical (unpaired) electrons. The molecule has 1 aromatic heterocycles. The first-order valence-corrected chi connectivity index (χ1v) is 4.84. The summed E-state index contributed by atoms with van der Waals surface area (Å²) in [7, 11) is 0. The first-order chi connectivity index (χ1) is 6.03. The Balaban J connectivity index is 2.43. The van der Waals surface area contributed by atoms with E-state index in [4.69, 9.17) is 4.42 Å². The highest BCUT2D eigenvalue weighted by Crippen LogP contribution is 2.10. The number of aryl methyl sites for hydroxylation is 1. The topological polar surface area (TPSA) is 25.2 Å². The van der Waals surface area contributed by atoms with Crippen molar-refractivity contribution in [2.75, 3.05) is 0 Å². The van der Waals surface area contributed by atoms with Crippen LogP contribution in [0.4, 0.5) is 0 Å². The van der Waals surface area contributed by atoms with Gasteiger partial charge in [-0.2, -0.15) is 0 Å². The van der Waals surface area contributed by atoms with Gasteiger partial charge in [0.1, 0.15) is 11.5 Å². The lowest BCUT2D eigenvalue weighted by Gasteiger charge is -2.23. The third kappa shape index (κ3) is 3.23. The predicted octanol–water partition coefficient (Wildman–Crippen LogP) is 2.87. The summed E-state index contributed by atoms with van der Waals surface area (Å²) >= 11 is 0. The molecule has 0 fully saturated rings. The molecular weight excluding hydrogens is 162 g/mol. The van der Waals surface area contributed by atoms with Crippen molar-refractivity contribution in [2.24, 2.45) is 0 Å². The Morgan fingerprint density at radius 2 is 2.08 bits per heavy atom. The lowest BCUT2D eigenvalue weighted by atomic mass is 10.0. The van der Waals surface area contributed by atoms with Gasteiger partial charge in [0, 0.05) is 5.54 Å². The Morgan fingerprint density at radius 1 is 1.38 bits per heavy atom. The summed E-state index contributed by atoms with van der Waals surface area (Å²) in [5.74, 6) is 1.99. The molecule has 0 bridgehead atoms. The maximum Gasteiger partial charge on any atom is 0.117 e. The van der Waals surface area contributed by atoms with Gasteiger partial charge in [0.2, 0.25) is 0 Å². The number of furan rings is 1. The van der Waals surface area contributed by atoms with Crippen LogP contribution in [0.25, 0.3) is 0 Å². The average Bonchev–Trinajstić information content (AvgIpc) is 2.48. The molecule has 0 aromatic carbocycles. The molecule has 0 aliphatic heterocycles. The van der Waals surface area contributed by atoms with E-state index in [1.807, 2.05) is 19.1 Å². The summed E-state index contributed by atoms with van der Waals surface area (Å²) in [6, 6.07) is 4.02. The van der Waals surface area contributed by atoms with Crippen molar-refractivity contribution in [1.29, 1.82) is 0 Å². The second kappa shape index (κ2) is 3.97. The summed E-state index contributed by atoms with van der Waals surface area (Å²) in [6.45, 7) is 9.36. The summed E-state index contributed by atoms with van der Waals surface area (Å²) in [5, 5.41) is 3.44. The molecule has 0 aliphatic rings. The van der Waals surface area contributed by atoms with E-state index in [2.05, 4.69) is 26.1 Å². The summed E-state index contributed by atoms with van der Waals surface area (Å²) in [6.07, 6.45) is 1.12. The van der Waals surface area contributed by atoms with Crippen LogP contribution in [0.15, 0.2) is 16.5 Å². The quantitative estimate of drug-likeness (QED) is 0.772. The molecule has 2 nitrogen and oxygen atoms in total. The summed E-state index contributed by atoms with van der Waals surface area (Å²) in [4.78, 5) is 0. The van der Waals surface area contributed by atoms with Gasteiger partial charge in [-0.3, -0.25) is 0 Å². The fourth-order valence-electron chi connectivity index (χ4n) is 1.03. The Hall–Kier alpha value is -0.760. The van der Waals surface area contributed by atoms with Gasteiger partial charge in [0.15, 0.2) is 0 Å². The normalized spacial score (nSPS) is 12.0. The molecule has 74 valence electrons. The van der Waals surface area contributed by atoms with Gasteiger partial charge in [-0.15, -0.1) is 0 Å². The van der Waals surface area contributed by atoms with Crippen LogP contribution < -0.4 is 5.32 Å². The van der Waals surface area contributed by atoms with Crippen molar-refractivity contribution in [3.8, 4) is 0 Å². The SMILES string of the molecule is CCC(C)(C)NCc1ccc(C)o1. The molecule has 0 saturated heterocycles. The van der Waals surface area contributed by atoms with Crippen molar-refractivity contribution >= 4 is 0 Å². The van der Waals surface area contributed by atoms with Gasteiger partial charge in [0.25, 0.3) is 0 Å². The lowest BCUT2D eigenvalue weighted by molar-refractivity contribution is 0.349. The van der Waals surface area contributed by atoms with E-state index in [1.165, 1.54) is 0 Å². The zero-order valence-electron chi connectivity index (χ0n) is 8.98. The van der Waals surface area contributed by atoms with Crippen molar-refractivity contribution in [3.05, 3.63) is 23.7 Å². The van der Waals surface area contributed by atoms with Crippen LogP contribution in [-0.2, 0) is 6.54 Å². The molecule has 0 atom stereocenters. The van der Waals surface area contributed by atoms with Crippen LogP contribution in [0.3, 0.4) is 0 Å². The largest absolute Gasteiger partial charge is 0.465 e. The minimum absolute atomic E-state index is 0.195. The Labute approximate surface area is 80.3 Å². The predicted molar refractivity (Wildman–Crippen MR) is 54.7 cm³/mol. The monoisotopic (exact) mass is 181 g/mol. The highest BCUT2D eigenvalue weighted by Gasteiger charge is 2.13. The molecule has 0 unspecified atom stereocenters. The standard InChI is InChI=1S/C11H19NO/c1-5-11(3,4)12-8-10-7-6-9(2)13-10/h6-7,12H,5,8H2,1-4H3. The van der Waals surface area contributed by atoms with E-state index in [1.54, 1.807) is 0 Å². The van der Waals surface area contributed by atoms with E-state index in [0.29, 0.717) is 0 Å². The zero-order valence-corrected chi connectivity index (χ0v) is 8.98. The van der Waals surface area contributed by atoms with Crippen LogP contribution in [0.2, 0.25) is 0 Å². The van der Waals surface area contributed by atoms with E-state index in [-0.39, 0.29) is 5.54 Å². The number of hydrogen-bond acceptors (Lipinski definition) is 2. The van der Waals surface area contributed by atoms with Crippen molar-refractivity contribution in [1.82, 2.24) is 5.32 Å². The number of nitrogens with one attached hydrogen (secondary N) is 1. The molecule has 1 aromatic rings. The van der Waals surface area contributed by atoms with E-state index >= 15 is 0 Å². The van der Waals surface area contributed by atoms with Crippen molar-refractivity contribution < 1.29 is 4.42 Å². The third-order valence-electron chi connectivity index (χ3n) is 2.42. The number of rotatable bonds is 4. The zero-order chi connectivity index (χ0) is 9.90. The second-order valence-corrected chi connectivity index (χ2v) is 4.10. The number of hydrogen-bond donors (Lipinski definition) is 1. The maximum absolute atomic E-state index is 5.46. The van der Waals surface area contributed by atoms with Gasteiger partial charge in [-0.1, -0.05) is 6.92 Å². The molecule has 2 heteroatoms. The minimum atomic E-state index is 0.195. The fraction of sp³-hybridized carbons (Fsp3) is 0.636. The molecule has 1 heterocycles. The van der Waals surface area contributed by atoms with Crippen molar-refractivity contribution in [2.45, 2.75) is 46.2 Å². The fourth-order valence-corrected chi connectivity index (χ4v) is 1.03. The van der Waals surface area contributed by atoms with Crippen LogP contribution in [0, 0.1) is 6.92 Å². The molecule has 1 N–H and O–H groups in total. The van der Waals surface area contributed by atoms with Crippen LogP contribution in [0.1, 0.15) is 38.7 Å². The molecule has 1 rings (SSSR count). The second-order valence-electron chi connectivity index (χ2n) is 4.10. The minimum Gasteiger partial charge on any atom is -0.465 e. The first kappa shape index (κ1) is 10.3. The highest BCUT2D eigenvalue weighted by atomic mass is 16.3. The van der Waals surface area contributed by atoms with Gasteiger partial charge >= 0.3 is 0 Å². The average molecular weight is 181 g/mol. The molecule has 0 aliphatic carbocycles. The van der Waals surface area contributed by atoms with Gasteiger partial charge in [-0.05, 0) is 39.3 Å². The van der Waals surface area contributed by atoms with Crippen LogP contribution in [0.5, 0.6) is 0 Å². The third-order valence-corrected chi connectivity index (χ3v) is 2.42. The molecular formula is C11H19NO. The molecule has 0 spiro atoms. The maximum atomic E-state index is 5.46. The first-order valence-electron chi connectivity index (χ1n) is 4.84. The van der Waals surface area contributed by atoms with Crippen LogP contribution >= 0.6 is 0 Å². The van der Waals surface area contributed by atoms with Crippen molar-refractivity contribution in [3.63, 3.8) is 0 Å². The smallest absolute Gasteiger partial charge is 0.117 e. The molecule has 13 heavy (non-hydrogen) atoms. The van der Waals surface area contributed by atoms with Gasteiger partial charge < -0.3 is 9.73 Å². The van der Waals surface area contributed by atoms with Gasteiger partial charge in [0.05, 0.1) is 6.54 Å². The highest BCUT2D eigenvalue weighted by molar-refractivity contribution is 5.05. The lowest BCUT2D eigenvalue weighted by Crippen LogP contribution is -2.37. The molecule has 0 saturated carbocycles.